The van der Waals surface area contributed by atoms with Crippen molar-refractivity contribution in [3.05, 3.63) is 44.6 Å². The molecule has 1 aromatic carbocycles. The summed E-state index contributed by atoms with van der Waals surface area (Å²) in [5.41, 5.74) is 3.10. The van der Waals surface area contributed by atoms with E-state index in [1.54, 1.807) is 16.4 Å². The summed E-state index contributed by atoms with van der Waals surface area (Å²) in [6.45, 7) is 8.41. The number of imidazole rings is 1. The van der Waals surface area contributed by atoms with E-state index in [1.165, 1.54) is 0 Å². The fraction of sp³-hybridized carbons (Fsp3) is 0.522. The van der Waals surface area contributed by atoms with Gasteiger partial charge in [0.15, 0.2) is 0 Å². The number of rotatable bonds is 7. The molecular weight excluding hydrogens is 396 g/mol. The van der Waals surface area contributed by atoms with Gasteiger partial charge in [0.2, 0.25) is 11.5 Å². The number of aryl methyl sites for hydroxylation is 1. The highest BCUT2D eigenvalue weighted by atomic mass is 16.5. The maximum absolute atomic E-state index is 12.6. The van der Waals surface area contributed by atoms with Crippen LogP contribution in [0.2, 0.25) is 0 Å². The second kappa shape index (κ2) is 8.70. The zero-order valence-corrected chi connectivity index (χ0v) is 18.2. The van der Waals surface area contributed by atoms with Crippen molar-refractivity contribution in [2.45, 2.75) is 71.2 Å². The molecule has 166 valence electrons. The van der Waals surface area contributed by atoms with Gasteiger partial charge in [0.1, 0.15) is 17.3 Å². The summed E-state index contributed by atoms with van der Waals surface area (Å²) in [5.74, 6) is 0.670. The quantitative estimate of drug-likeness (QED) is 0.441. The molecule has 1 aliphatic heterocycles. The van der Waals surface area contributed by atoms with Gasteiger partial charge in [0.25, 0.3) is 5.56 Å². The van der Waals surface area contributed by atoms with Gasteiger partial charge >= 0.3 is 0 Å². The van der Waals surface area contributed by atoms with Crippen LogP contribution in [0.1, 0.15) is 56.6 Å². The summed E-state index contributed by atoms with van der Waals surface area (Å²) >= 11 is 0. The number of H-pyrrole nitrogens is 1. The SMILES string of the molecule is C=c1c(=O)[nH]c2n1Cc1c(C)cc(OCCCC(=O)N(C(C)O)C3CCCC3)cc1N=2. The van der Waals surface area contributed by atoms with E-state index >= 15 is 0 Å². The van der Waals surface area contributed by atoms with Crippen LogP contribution in [0.25, 0.3) is 6.58 Å². The average molecular weight is 427 g/mol. The Kier molecular flexibility index (Phi) is 6.00. The Morgan fingerprint density at radius 2 is 2.16 bits per heavy atom. The maximum atomic E-state index is 12.6. The van der Waals surface area contributed by atoms with Gasteiger partial charge in [-0.1, -0.05) is 19.4 Å². The molecule has 1 aromatic heterocycles. The standard InChI is InChI=1S/C23H30N4O4/c1-14-11-18(12-20-19(14)13-26-15(2)22(30)25-23(26)24-20)31-10-6-9-21(29)27(16(3)28)17-7-4-5-8-17/h11-12,16-17,28H,2,4-10,13H2,1,3H3,(H,24,25,30). The maximum Gasteiger partial charge on any atom is 0.274 e. The summed E-state index contributed by atoms with van der Waals surface area (Å²) in [4.78, 5) is 33.4. The van der Waals surface area contributed by atoms with E-state index in [-0.39, 0.29) is 17.5 Å². The lowest BCUT2D eigenvalue weighted by atomic mass is 10.1. The highest BCUT2D eigenvalue weighted by Gasteiger charge is 2.29. The van der Waals surface area contributed by atoms with Crippen molar-refractivity contribution < 1.29 is 14.6 Å². The lowest BCUT2D eigenvalue weighted by Crippen LogP contribution is -2.44. The van der Waals surface area contributed by atoms with Crippen LogP contribution in [0.15, 0.2) is 21.9 Å². The Morgan fingerprint density at radius 3 is 2.87 bits per heavy atom. The number of nitrogens with one attached hydrogen (secondary N) is 1. The van der Waals surface area contributed by atoms with Crippen molar-refractivity contribution in [3.63, 3.8) is 0 Å². The molecule has 2 aromatic rings. The number of aliphatic hydroxyl groups excluding tert-OH is 1. The van der Waals surface area contributed by atoms with Crippen molar-refractivity contribution in [1.29, 1.82) is 0 Å². The largest absolute Gasteiger partial charge is 0.493 e. The van der Waals surface area contributed by atoms with Crippen LogP contribution in [0, 0.1) is 6.92 Å². The number of aromatic amines is 1. The van der Waals surface area contributed by atoms with Crippen LogP contribution in [0.3, 0.4) is 0 Å². The second-order valence-electron chi connectivity index (χ2n) is 8.48. The van der Waals surface area contributed by atoms with Crippen LogP contribution in [0.5, 0.6) is 5.75 Å². The molecule has 1 amide bonds. The lowest BCUT2D eigenvalue weighted by molar-refractivity contribution is -0.144. The monoisotopic (exact) mass is 426 g/mol. The van der Waals surface area contributed by atoms with Crippen LogP contribution in [-0.4, -0.2) is 44.3 Å². The van der Waals surface area contributed by atoms with Crippen LogP contribution < -0.4 is 21.3 Å². The third kappa shape index (κ3) is 4.30. The summed E-state index contributed by atoms with van der Waals surface area (Å²) in [7, 11) is 0. The van der Waals surface area contributed by atoms with Crippen molar-refractivity contribution in [3.8, 4) is 5.75 Å². The highest BCUT2D eigenvalue weighted by Crippen LogP contribution is 2.30. The minimum Gasteiger partial charge on any atom is -0.493 e. The number of ether oxygens (including phenoxy) is 1. The number of benzene rings is 1. The lowest BCUT2D eigenvalue weighted by Gasteiger charge is -2.31. The van der Waals surface area contributed by atoms with Crippen molar-refractivity contribution >= 4 is 18.2 Å². The molecule has 1 aliphatic carbocycles. The van der Waals surface area contributed by atoms with E-state index in [2.05, 4.69) is 16.6 Å². The molecular formula is C23H30N4O4. The van der Waals surface area contributed by atoms with Gasteiger partial charge in [-0.05, 0) is 44.7 Å². The first-order valence-corrected chi connectivity index (χ1v) is 11.0. The molecule has 1 fully saturated rings. The zero-order valence-electron chi connectivity index (χ0n) is 18.2. The molecule has 2 N–H and O–H groups in total. The minimum atomic E-state index is -0.759. The van der Waals surface area contributed by atoms with Gasteiger partial charge < -0.3 is 19.3 Å². The van der Waals surface area contributed by atoms with Gasteiger partial charge in [-0.15, -0.1) is 0 Å². The highest BCUT2D eigenvalue weighted by molar-refractivity contribution is 5.76. The molecule has 0 radical (unpaired) electrons. The Bertz CT molecular complexity index is 1140. The van der Waals surface area contributed by atoms with E-state index in [4.69, 9.17) is 4.74 Å². The van der Waals surface area contributed by atoms with Gasteiger partial charge in [-0.25, -0.2) is 4.99 Å². The predicted octanol–water partition coefficient (Wildman–Crippen LogP) is 1.48. The number of hydrogen-bond acceptors (Lipinski definition) is 5. The third-order valence-electron chi connectivity index (χ3n) is 6.25. The van der Waals surface area contributed by atoms with Gasteiger partial charge in [0, 0.05) is 24.1 Å². The zero-order chi connectivity index (χ0) is 22.1. The van der Waals surface area contributed by atoms with Crippen LogP contribution >= 0.6 is 0 Å². The molecule has 8 nitrogen and oxygen atoms in total. The summed E-state index contributed by atoms with van der Waals surface area (Å²) in [5, 5.41) is 10.4. The van der Waals surface area contributed by atoms with Gasteiger partial charge in [-0.3, -0.25) is 14.6 Å². The fourth-order valence-electron chi connectivity index (χ4n) is 4.62. The number of hydrogen-bond donors (Lipinski definition) is 2. The molecule has 1 unspecified atom stereocenters. The molecule has 2 heterocycles. The third-order valence-corrected chi connectivity index (χ3v) is 6.25. The first-order chi connectivity index (χ1) is 14.8. The van der Waals surface area contributed by atoms with E-state index in [9.17, 15) is 14.7 Å². The fourth-order valence-corrected chi connectivity index (χ4v) is 4.62. The molecule has 8 heteroatoms. The molecule has 0 saturated heterocycles. The molecule has 4 rings (SSSR count). The first kappa shape index (κ1) is 21.4. The number of fused-ring (bicyclic) bond motifs is 2. The van der Waals surface area contributed by atoms with Crippen LogP contribution in [0.4, 0.5) is 5.69 Å². The number of carbonyl (C=O) groups is 1. The summed E-state index contributed by atoms with van der Waals surface area (Å²) in [6.07, 6.45) is 4.32. The van der Waals surface area contributed by atoms with Crippen molar-refractivity contribution in [1.82, 2.24) is 14.5 Å². The summed E-state index contributed by atoms with van der Waals surface area (Å²) < 4.78 is 7.68. The van der Waals surface area contributed by atoms with E-state index in [0.717, 1.165) is 42.5 Å². The molecule has 0 bridgehead atoms. The van der Waals surface area contributed by atoms with Crippen LogP contribution in [-0.2, 0) is 11.3 Å². The first-order valence-electron chi connectivity index (χ1n) is 11.0. The Balaban J connectivity index is 1.39. The molecule has 0 spiro atoms. The number of aromatic nitrogens is 2. The average Bonchev–Trinajstić information content (AvgIpc) is 3.33. The van der Waals surface area contributed by atoms with E-state index in [1.807, 2.05) is 19.1 Å². The van der Waals surface area contributed by atoms with E-state index < -0.39 is 6.23 Å². The number of amides is 1. The predicted molar refractivity (Wildman–Crippen MR) is 117 cm³/mol. The Morgan fingerprint density at radius 1 is 1.42 bits per heavy atom. The van der Waals surface area contributed by atoms with Crippen molar-refractivity contribution in [2.24, 2.45) is 4.99 Å². The van der Waals surface area contributed by atoms with Crippen molar-refractivity contribution in [2.75, 3.05) is 6.61 Å². The molecule has 1 atom stereocenters. The second-order valence-corrected chi connectivity index (χ2v) is 8.48. The molecule has 1 saturated carbocycles. The van der Waals surface area contributed by atoms with Gasteiger partial charge in [-0.2, -0.15) is 0 Å². The minimum absolute atomic E-state index is 0.0178. The Hall–Kier alpha value is -2.87. The number of nitrogens with zero attached hydrogens (tertiary/aromatic N) is 3. The Labute approximate surface area is 180 Å². The molecule has 31 heavy (non-hydrogen) atoms. The van der Waals surface area contributed by atoms with E-state index in [0.29, 0.717) is 42.7 Å². The van der Waals surface area contributed by atoms with Gasteiger partial charge in [0.05, 0.1) is 18.8 Å². The molecule has 2 aliphatic rings. The smallest absolute Gasteiger partial charge is 0.274 e. The topological polar surface area (TPSA) is 99.9 Å². The number of aliphatic hydroxyl groups is 1. The number of carbonyl (C=O) groups excluding carboxylic acids is 1. The summed E-state index contributed by atoms with van der Waals surface area (Å²) in [6, 6.07) is 3.97. The normalized spacial score (nSPS) is 16.4.